The number of fused-ring (bicyclic) bond motifs is 1. The van der Waals surface area contributed by atoms with E-state index in [4.69, 9.17) is 14.5 Å². The number of carbonyl (C=O) groups is 1. The van der Waals surface area contributed by atoms with Gasteiger partial charge in [0.1, 0.15) is 11.5 Å². The standard InChI is InChI=1S/C22H24N4O3/c1-28-16-10-9-15(19(14-16)29-2)13-20(27)25-21-22(26-11-5-6-12-26)24-18-8-4-3-7-17(18)23-21/h3-4,7-10,14H,5-6,11-13H2,1-2H3,(H,23,25,27). The summed E-state index contributed by atoms with van der Waals surface area (Å²) in [5.74, 6) is 2.37. The fourth-order valence-corrected chi connectivity index (χ4v) is 3.57. The largest absolute Gasteiger partial charge is 0.497 e. The van der Waals surface area contributed by atoms with Gasteiger partial charge in [-0.2, -0.15) is 0 Å². The lowest BCUT2D eigenvalue weighted by Gasteiger charge is -2.20. The van der Waals surface area contributed by atoms with Crippen LogP contribution < -0.4 is 19.7 Å². The Labute approximate surface area is 169 Å². The van der Waals surface area contributed by atoms with Crippen molar-refractivity contribution in [3.8, 4) is 11.5 Å². The molecular formula is C22H24N4O3. The van der Waals surface area contributed by atoms with Crippen LogP contribution in [0.15, 0.2) is 42.5 Å². The van der Waals surface area contributed by atoms with Crippen LogP contribution in [0.25, 0.3) is 11.0 Å². The van der Waals surface area contributed by atoms with E-state index in [1.807, 2.05) is 36.4 Å². The van der Waals surface area contributed by atoms with Crippen molar-refractivity contribution >= 4 is 28.6 Å². The Bertz CT molecular complexity index is 1030. The van der Waals surface area contributed by atoms with Crippen LogP contribution >= 0.6 is 0 Å². The fraction of sp³-hybridized carbons (Fsp3) is 0.318. The van der Waals surface area contributed by atoms with Crippen LogP contribution in [0.3, 0.4) is 0 Å². The van der Waals surface area contributed by atoms with Gasteiger partial charge in [0, 0.05) is 24.7 Å². The SMILES string of the molecule is COc1ccc(CC(=O)Nc2nc3ccccc3nc2N2CCCC2)c(OC)c1. The molecule has 1 amide bonds. The summed E-state index contributed by atoms with van der Waals surface area (Å²) in [4.78, 5) is 24.5. The molecule has 1 N–H and O–H groups in total. The number of methoxy groups -OCH3 is 2. The Morgan fingerprint density at radius 1 is 1.03 bits per heavy atom. The van der Waals surface area contributed by atoms with Crippen molar-refractivity contribution in [1.29, 1.82) is 0 Å². The molecule has 0 saturated carbocycles. The molecule has 0 unspecified atom stereocenters. The molecule has 1 aromatic heterocycles. The molecule has 0 bridgehead atoms. The molecule has 2 heterocycles. The van der Waals surface area contributed by atoms with Gasteiger partial charge >= 0.3 is 0 Å². The van der Waals surface area contributed by atoms with Gasteiger partial charge in [0.15, 0.2) is 11.6 Å². The maximum Gasteiger partial charge on any atom is 0.230 e. The van der Waals surface area contributed by atoms with Crippen LogP contribution in [-0.4, -0.2) is 43.2 Å². The number of benzene rings is 2. The van der Waals surface area contributed by atoms with Crippen LogP contribution in [0.4, 0.5) is 11.6 Å². The lowest BCUT2D eigenvalue weighted by Crippen LogP contribution is -2.24. The molecule has 2 aromatic carbocycles. The van der Waals surface area contributed by atoms with Gasteiger partial charge in [-0.15, -0.1) is 0 Å². The molecule has 29 heavy (non-hydrogen) atoms. The third kappa shape index (κ3) is 4.08. The molecule has 7 nitrogen and oxygen atoms in total. The van der Waals surface area contributed by atoms with Crippen molar-refractivity contribution in [3.05, 3.63) is 48.0 Å². The van der Waals surface area contributed by atoms with Gasteiger partial charge < -0.3 is 19.7 Å². The molecular weight excluding hydrogens is 368 g/mol. The molecule has 3 aromatic rings. The summed E-state index contributed by atoms with van der Waals surface area (Å²) >= 11 is 0. The summed E-state index contributed by atoms with van der Waals surface area (Å²) < 4.78 is 10.6. The second kappa shape index (κ2) is 8.34. The van der Waals surface area contributed by atoms with E-state index in [1.54, 1.807) is 20.3 Å². The molecule has 1 aliphatic rings. The molecule has 0 atom stereocenters. The number of anilines is 2. The smallest absolute Gasteiger partial charge is 0.230 e. The van der Waals surface area contributed by atoms with Crippen molar-refractivity contribution in [2.24, 2.45) is 0 Å². The normalized spacial score (nSPS) is 13.5. The lowest BCUT2D eigenvalue weighted by molar-refractivity contribution is -0.115. The third-order valence-electron chi connectivity index (χ3n) is 5.06. The predicted octanol–water partition coefficient (Wildman–Crippen LogP) is 3.43. The first-order valence-corrected chi connectivity index (χ1v) is 9.70. The van der Waals surface area contributed by atoms with Gasteiger partial charge in [-0.1, -0.05) is 18.2 Å². The van der Waals surface area contributed by atoms with Gasteiger partial charge in [-0.05, 0) is 31.0 Å². The van der Waals surface area contributed by atoms with Crippen molar-refractivity contribution in [1.82, 2.24) is 9.97 Å². The number of aromatic nitrogens is 2. The highest BCUT2D eigenvalue weighted by molar-refractivity contribution is 5.95. The number of nitrogens with one attached hydrogen (secondary N) is 1. The summed E-state index contributed by atoms with van der Waals surface area (Å²) in [6.07, 6.45) is 2.40. The van der Waals surface area contributed by atoms with Crippen LogP contribution in [0.5, 0.6) is 11.5 Å². The monoisotopic (exact) mass is 392 g/mol. The Morgan fingerprint density at radius 2 is 1.76 bits per heavy atom. The van der Waals surface area contributed by atoms with Crippen LogP contribution in [0, 0.1) is 0 Å². The molecule has 0 radical (unpaired) electrons. The Balaban J connectivity index is 1.61. The Morgan fingerprint density at radius 3 is 2.45 bits per heavy atom. The van der Waals surface area contributed by atoms with Crippen LogP contribution in [0.1, 0.15) is 18.4 Å². The van der Waals surface area contributed by atoms with Gasteiger partial charge in [0.05, 0.1) is 31.7 Å². The number of hydrogen-bond donors (Lipinski definition) is 1. The average molecular weight is 392 g/mol. The van der Waals surface area contributed by atoms with Gasteiger partial charge in [-0.25, -0.2) is 9.97 Å². The first-order valence-electron chi connectivity index (χ1n) is 9.70. The van der Waals surface area contributed by atoms with Crippen molar-refractivity contribution < 1.29 is 14.3 Å². The van der Waals surface area contributed by atoms with E-state index in [0.717, 1.165) is 48.3 Å². The molecule has 0 spiro atoms. The second-order valence-corrected chi connectivity index (χ2v) is 6.98. The van der Waals surface area contributed by atoms with E-state index in [1.165, 1.54) is 0 Å². The summed E-state index contributed by atoms with van der Waals surface area (Å²) in [7, 11) is 3.18. The number of para-hydroxylation sites is 2. The van der Waals surface area contributed by atoms with E-state index >= 15 is 0 Å². The van der Waals surface area contributed by atoms with E-state index in [-0.39, 0.29) is 12.3 Å². The number of rotatable bonds is 6. The highest BCUT2D eigenvalue weighted by Crippen LogP contribution is 2.29. The zero-order valence-corrected chi connectivity index (χ0v) is 16.6. The molecule has 1 fully saturated rings. The molecule has 7 heteroatoms. The summed E-state index contributed by atoms with van der Waals surface area (Å²) in [6.45, 7) is 1.84. The minimum atomic E-state index is -0.168. The summed E-state index contributed by atoms with van der Waals surface area (Å²) in [6, 6.07) is 13.1. The fourth-order valence-electron chi connectivity index (χ4n) is 3.57. The number of hydrogen-bond acceptors (Lipinski definition) is 6. The van der Waals surface area contributed by atoms with Crippen molar-refractivity contribution in [2.45, 2.75) is 19.3 Å². The van der Waals surface area contributed by atoms with E-state index in [0.29, 0.717) is 17.3 Å². The minimum absolute atomic E-state index is 0.168. The van der Waals surface area contributed by atoms with Crippen molar-refractivity contribution in [3.63, 3.8) is 0 Å². The van der Waals surface area contributed by atoms with E-state index in [9.17, 15) is 4.79 Å². The minimum Gasteiger partial charge on any atom is -0.497 e. The molecule has 4 rings (SSSR count). The maximum absolute atomic E-state index is 12.8. The van der Waals surface area contributed by atoms with Gasteiger partial charge in [-0.3, -0.25) is 4.79 Å². The van der Waals surface area contributed by atoms with E-state index < -0.39 is 0 Å². The Kier molecular flexibility index (Phi) is 5.46. The topological polar surface area (TPSA) is 76.6 Å². The van der Waals surface area contributed by atoms with Gasteiger partial charge in [0.25, 0.3) is 0 Å². The summed E-state index contributed by atoms with van der Waals surface area (Å²) in [5.41, 5.74) is 2.36. The maximum atomic E-state index is 12.8. The number of carbonyl (C=O) groups excluding carboxylic acids is 1. The number of ether oxygens (including phenoxy) is 2. The average Bonchev–Trinajstić information content (AvgIpc) is 3.28. The first-order chi connectivity index (χ1) is 14.2. The molecule has 1 aliphatic heterocycles. The highest BCUT2D eigenvalue weighted by Gasteiger charge is 2.21. The van der Waals surface area contributed by atoms with Gasteiger partial charge in [0.2, 0.25) is 5.91 Å². The Hall–Kier alpha value is -3.35. The predicted molar refractivity (Wildman–Crippen MR) is 113 cm³/mol. The molecule has 1 saturated heterocycles. The van der Waals surface area contributed by atoms with E-state index in [2.05, 4.69) is 15.2 Å². The van der Waals surface area contributed by atoms with Crippen molar-refractivity contribution in [2.75, 3.05) is 37.5 Å². The zero-order chi connectivity index (χ0) is 20.2. The number of nitrogens with zero attached hydrogens (tertiary/aromatic N) is 3. The molecule has 0 aliphatic carbocycles. The first kappa shape index (κ1) is 19.0. The molecule has 150 valence electrons. The second-order valence-electron chi connectivity index (χ2n) is 6.98. The lowest BCUT2D eigenvalue weighted by atomic mass is 10.1. The van der Waals surface area contributed by atoms with Crippen LogP contribution in [0.2, 0.25) is 0 Å². The zero-order valence-electron chi connectivity index (χ0n) is 16.6. The number of amides is 1. The highest BCUT2D eigenvalue weighted by atomic mass is 16.5. The summed E-state index contributed by atoms with van der Waals surface area (Å²) in [5, 5.41) is 2.97. The third-order valence-corrected chi connectivity index (χ3v) is 5.06. The van der Waals surface area contributed by atoms with Crippen LogP contribution in [-0.2, 0) is 11.2 Å². The quantitative estimate of drug-likeness (QED) is 0.693.